The predicted molar refractivity (Wildman–Crippen MR) is 134 cm³/mol. The Balaban J connectivity index is 1.05. The van der Waals surface area contributed by atoms with Gasteiger partial charge < -0.3 is 25.2 Å². The van der Waals surface area contributed by atoms with Crippen LogP contribution < -0.4 is 15.4 Å². The Morgan fingerprint density at radius 1 is 0.917 bits per heavy atom. The van der Waals surface area contributed by atoms with Gasteiger partial charge in [0, 0.05) is 18.9 Å². The third kappa shape index (κ3) is 4.45. The fraction of sp³-hybridized carbons (Fsp3) is 0.517. The molecule has 0 radical (unpaired) electrons. The minimum atomic E-state index is -0.945. The summed E-state index contributed by atoms with van der Waals surface area (Å²) in [6.45, 7) is 2.21. The zero-order chi connectivity index (χ0) is 24.9. The molecule has 4 atom stereocenters. The smallest absolute Gasteiger partial charge is 0.335 e. The van der Waals surface area contributed by atoms with Crippen molar-refractivity contribution in [1.29, 1.82) is 0 Å². The van der Waals surface area contributed by atoms with Crippen molar-refractivity contribution in [3.8, 4) is 5.75 Å². The molecule has 3 N–H and O–H groups in total. The molecule has 7 nitrogen and oxygen atoms in total. The number of carbonyl (C=O) groups excluding carboxylic acids is 1. The Kier molecular flexibility index (Phi) is 5.71. The summed E-state index contributed by atoms with van der Waals surface area (Å²) in [5.74, 6) is 0.549. The number of urea groups is 1. The SMILES string of the molecule is CC12CC3CC(NC(=O)NC4CCC(Oc5ccc(C(=O)O)cc5)CC4)(C[C@@H](C1)c1ccccc13)O2. The topological polar surface area (TPSA) is 96.9 Å². The monoisotopic (exact) mass is 490 g/mol. The van der Waals surface area contributed by atoms with Crippen LogP contribution in [0.3, 0.4) is 0 Å². The number of carboxylic acids is 1. The molecule has 3 aliphatic carbocycles. The molecule has 2 heterocycles. The molecule has 2 aromatic carbocycles. The summed E-state index contributed by atoms with van der Waals surface area (Å²) in [6, 6.07) is 15.3. The van der Waals surface area contributed by atoms with E-state index in [-0.39, 0.29) is 29.3 Å². The van der Waals surface area contributed by atoms with E-state index < -0.39 is 11.7 Å². The second kappa shape index (κ2) is 8.80. The van der Waals surface area contributed by atoms with E-state index in [2.05, 4.69) is 41.8 Å². The molecule has 5 aliphatic rings. The van der Waals surface area contributed by atoms with E-state index in [4.69, 9.17) is 14.6 Å². The van der Waals surface area contributed by atoms with Gasteiger partial charge in [0.25, 0.3) is 0 Å². The zero-order valence-corrected chi connectivity index (χ0v) is 20.7. The average Bonchev–Trinajstić information content (AvgIpc) is 2.98. The first-order chi connectivity index (χ1) is 17.3. The second-order valence-electron chi connectivity index (χ2n) is 11.4. The van der Waals surface area contributed by atoms with Crippen molar-refractivity contribution >= 4 is 12.0 Å². The average molecular weight is 491 g/mol. The Hall–Kier alpha value is -3.06. The Morgan fingerprint density at radius 2 is 1.53 bits per heavy atom. The van der Waals surface area contributed by atoms with Crippen LogP contribution in [0.2, 0.25) is 0 Å². The van der Waals surface area contributed by atoms with Gasteiger partial charge in [0.05, 0.1) is 17.3 Å². The lowest BCUT2D eigenvalue weighted by atomic mass is 9.73. The zero-order valence-electron chi connectivity index (χ0n) is 20.7. The normalized spacial score (nSPS) is 34.4. The molecule has 0 spiro atoms. The Bertz CT molecular complexity index is 1120. The number of hydrogen-bond acceptors (Lipinski definition) is 4. The summed E-state index contributed by atoms with van der Waals surface area (Å²) >= 11 is 0. The maximum Gasteiger partial charge on any atom is 0.335 e. The van der Waals surface area contributed by atoms with Crippen LogP contribution in [0.4, 0.5) is 4.79 Å². The Labute approximate surface area is 211 Å². The van der Waals surface area contributed by atoms with Crippen molar-refractivity contribution in [2.24, 2.45) is 0 Å². The van der Waals surface area contributed by atoms with E-state index in [1.807, 2.05) is 0 Å². The van der Waals surface area contributed by atoms with Gasteiger partial charge in [-0.2, -0.15) is 0 Å². The van der Waals surface area contributed by atoms with E-state index in [9.17, 15) is 9.59 Å². The standard InChI is InChI=1S/C29H34N2O5/c1-28-14-19-16-29(36-28,17-20(15-28)25-5-3-2-4-24(19)25)31-27(34)30-21-8-12-23(13-9-21)35-22-10-6-18(7-11-22)26(32)33/h2-7,10-11,19-21,23H,8-9,12-17H2,1H3,(H,32,33)(H2,30,31,34)/t19-,20?,21?,23?,28?,29?/m1/s1. The molecular formula is C29H34N2O5. The molecule has 2 aromatic rings. The molecule has 2 amide bonds. The van der Waals surface area contributed by atoms with Gasteiger partial charge in [-0.25, -0.2) is 9.59 Å². The molecular weight excluding hydrogens is 456 g/mol. The summed E-state index contributed by atoms with van der Waals surface area (Å²) in [5, 5.41) is 15.5. The number of ether oxygens (including phenoxy) is 2. The number of benzene rings is 2. The van der Waals surface area contributed by atoms with Crippen molar-refractivity contribution in [2.45, 2.75) is 93.6 Å². The van der Waals surface area contributed by atoms with Crippen LogP contribution in [0.25, 0.3) is 0 Å². The van der Waals surface area contributed by atoms with Crippen LogP contribution in [0, 0.1) is 0 Å². The fourth-order valence-electron chi connectivity index (χ4n) is 7.23. The third-order valence-corrected chi connectivity index (χ3v) is 8.58. The highest BCUT2D eigenvalue weighted by Crippen LogP contribution is 2.58. The van der Waals surface area contributed by atoms with Gasteiger partial charge in [0.15, 0.2) is 0 Å². The van der Waals surface area contributed by atoms with Crippen LogP contribution in [-0.2, 0) is 4.74 Å². The largest absolute Gasteiger partial charge is 0.490 e. The number of nitrogens with one attached hydrogen (secondary N) is 2. The van der Waals surface area contributed by atoms with Crippen molar-refractivity contribution in [3.63, 3.8) is 0 Å². The van der Waals surface area contributed by atoms with Crippen molar-refractivity contribution in [3.05, 3.63) is 65.2 Å². The molecule has 190 valence electrons. The minimum Gasteiger partial charge on any atom is -0.490 e. The second-order valence-corrected chi connectivity index (χ2v) is 11.4. The first-order valence-electron chi connectivity index (χ1n) is 13.2. The van der Waals surface area contributed by atoms with Crippen LogP contribution >= 0.6 is 0 Å². The van der Waals surface area contributed by atoms with Gasteiger partial charge >= 0.3 is 12.0 Å². The number of aromatic carboxylic acids is 1. The highest BCUT2D eigenvalue weighted by Gasteiger charge is 2.56. The molecule has 2 saturated heterocycles. The Morgan fingerprint density at radius 3 is 2.11 bits per heavy atom. The van der Waals surface area contributed by atoms with Crippen LogP contribution in [-0.4, -0.2) is 40.6 Å². The van der Waals surface area contributed by atoms with Gasteiger partial charge in [-0.3, -0.25) is 0 Å². The number of amides is 2. The lowest BCUT2D eigenvalue weighted by molar-refractivity contribution is -0.228. The molecule has 3 unspecified atom stereocenters. The van der Waals surface area contributed by atoms with E-state index in [0.717, 1.165) is 51.4 Å². The van der Waals surface area contributed by atoms with Crippen LogP contribution in [0.5, 0.6) is 5.75 Å². The maximum absolute atomic E-state index is 13.2. The van der Waals surface area contributed by atoms with Gasteiger partial charge in [0.2, 0.25) is 0 Å². The van der Waals surface area contributed by atoms with Crippen LogP contribution in [0.15, 0.2) is 48.5 Å². The van der Waals surface area contributed by atoms with E-state index in [1.54, 1.807) is 24.3 Å². The van der Waals surface area contributed by atoms with Gasteiger partial charge in [-0.05, 0) is 92.7 Å². The molecule has 7 heteroatoms. The summed E-state index contributed by atoms with van der Waals surface area (Å²) < 4.78 is 12.7. The van der Waals surface area contributed by atoms with Crippen molar-refractivity contribution in [1.82, 2.24) is 10.6 Å². The molecule has 36 heavy (non-hydrogen) atoms. The minimum absolute atomic E-state index is 0.0650. The first kappa shape index (κ1) is 23.3. The molecule has 7 rings (SSSR count). The molecule has 1 saturated carbocycles. The summed E-state index contributed by atoms with van der Waals surface area (Å²) in [6.07, 6.45) is 7.09. The van der Waals surface area contributed by atoms with Gasteiger partial charge in [-0.1, -0.05) is 24.3 Å². The van der Waals surface area contributed by atoms with Crippen molar-refractivity contribution < 1.29 is 24.2 Å². The lowest BCUT2D eigenvalue weighted by Gasteiger charge is -2.53. The fourth-order valence-corrected chi connectivity index (χ4v) is 7.23. The summed E-state index contributed by atoms with van der Waals surface area (Å²) in [5.41, 5.74) is 2.30. The number of carbonyl (C=O) groups is 2. The van der Waals surface area contributed by atoms with Gasteiger partial charge in [-0.15, -0.1) is 0 Å². The van der Waals surface area contributed by atoms with E-state index >= 15 is 0 Å². The maximum atomic E-state index is 13.2. The quantitative estimate of drug-likeness (QED) is 0.528. The number of hydrogen-bond donors (Lipinski definition) is 3. The lowest BCUT2D eigenvalue weighted by Crippen LogP contribution is -2.64. The predicted octanol–water partition coefficient (Wildman–Crippen LogP) is 5.31. The molecule has 0 aromatic heterocycles. The highest BCUT2D eigenvalue weighted by atomic mass is 16.5. The third-order valence-electron chi connectivity index (χ3n) is 8.58. The van der Waals surface area contributed by atoms with E-state index in [0.29, 0.717) is 17.6 Å². The molecule has 4 bridgehead atoms. The van der Waals surface area contributed by atoms with Crippen LogP contribution in [0.1, 0.15) is 91.6 Å². The summed E-state index contributed by atoms with van der Waals surface area (Å²) in [4.78, 5) is 24.2. The first-order valence-corrected chi connectivity index (χ1v) is 13.2. The summed E-state index contributed by atoms with van der Waals surface area (Å²) in [7, 11) is 0. The number of rotatable bonds is 5. The number of carboxylic acid groups (broad SMARTS) is 1. The molecule has 2 aliphatic heterocycles. The molecule has 3 fully saturated rings. The van der Waals surface area contributed by atoms with E-state index in [1.165, 1.54) is 11.1 Å². The highest BCUT2D eigenvalue weighted by molar-refractivity contribution is 5.87. The van der Waals surface area contributed by atoms with Crippen molar-refractivity contribution in [2.75, 3.05) is 0 Å². The van der Waals surface area contributed by atoms with Gasteiger partial charge in [0.1, 0.15) is 11.5 Å².